The van der Waals surface area contributed by atoms with Gasteiger partial charge in [-0.3, -0.25) is 0 Å². The summed E-state index contributed by atoms with van der Waals surface area (Å²) in [5, 5.41) is 1.12. The third-order valence-electron chi connectivity index (χ3n) is 12.8. The molecule has 1 aliphatic rings. The van der Waals surface area contributed by atoms with Gasteiger partial charge in [0.2, 0.25) is 0 Å². The van der Waals surface area contributed by atoms with Crippen LogP contribution in [0.3, 0.4) is 0 Å². The first-order valence-electron chi connectivity index (χ1n) is 21.8. The first kappa shape index (κ1) is 38.0. The Morgan fingerprint density at radius 2 is 0.937 bits per heavy atom. The monoisotopic (exact) mass is 807 g/mol. The maximum absolute atomic E-state index is 6.22. The van der Waals surface area contributed by atoms with Gasteiger partial charge >= 0.3 is 0 Å². The van der Waals surface area contributed by atoms with E-state index in [2.05, 4.69) is 248 Å². The number of furan rings is 1. The molecule has 0 saturated heterocycles. The molecule has 0 unspecified atom stereocenters. The lowest BCUT2D eigenvalue weighted by Gasteiger charge is -2.34. The predicted octanol–water partition coefficient (Wildman–Crippen LogP) is 16.6. The second-order valence-corrected chi connectivity index (χ2v) is 16.4. The molecule has 0 amide bonds. The number of nitrogens with zero attached hydrogens (tertiary/aromatic N) is 1. The predicted molar refractivity (Wildman–Crippen MR) is 264 cm³/mol. The molecule has 0 atom stereocenters. The van der Waals surface area contributed by atoms with E-state index in [4.69, 9.17) is 4.42 Å². The van der Waals surface area contributed by atoms with E-state index in [0.29, 0.717) is 0 Å². The molecule has 2 heteroatoms. The van der Waals surface area contributed by atoms with Gasteiger partial charge in [-0.25, -0.2) is 0 Å². The molecule has 2 nitrogen and oxygen atoms in total. The Morgan fingerprint density at radius 1 is 0.444 bits per heavy atom. The standard InChI is InChI=1S/C61H45NO/c1-3-17-53-42(2)63-59-39-33-47(40-55(53)59)48-32-38-54-57(41-48)61(49-22-12-6-13-23-49,50-24-14-7-15-25-50)56-26-16-27-58(60(54)56)62(51-34-28-45(29-35-51)43-18-8-4-9-19-43)52-36-30-46(31-37-52)44-20-10-5-11-21-44/h3-41H,1-2H3. The zero-order valence-corrected chi connectivity index (χ0v) is 35.4. The summed E-state index contributed by atoms with van der Waals surface area (Å²) < 4.78 is 6.22. The molecule has 0 radical (unpaired) electrons. The topological polar surface area (TPSA) is 16.4 Å². The Kier molecular flexibility index (Phi) is 9.55. The molecule has 0 fully saturated rings. The van der Waals surface area contributed by atoms with Crippen molar-refractivity contribution in [2.75, 3.05) is 4.90 Å². The Bertz CT molecular complexity index is 3130. The number of benzene rings is 9. The maximum Gasteiger partial charge on any atom is 0.134 e. The minimum atomic E-state index is -0.606. The summed E-state index contributed by atoms with van der Waals surface area (Å²) in [6.07, 6.45) is 4.23. The fourth-order valence-corrected chi connectivity index (χ4v) is 9.97. The number of aryl methyl sites for hydroxylation is 1. The molecule has 1 aromatic heterocycles. The number of rotatable bonds is 9. The summed E-state index contributed by atoms with van der Waals surface area (Å²) in [6, 6.07) is 82.1. The Hall–Kier alpha value is -7.94. The van der Waals surface area contributed by atoms with Crippen molar-refractivity contribution in [3.8, 4) is 44.5 Å². The lowest BCUT2D eigenvalue weighted by atomic mass is 9.67. The van der Waals surface area contributed by atoms with Gasteiger partial charge in [0.25, 0.3) is 0 Å². The van der Waals surface area contributed by atoms with Gasteiger partial charge in [0.15, 0.2) is 0 Å². The zero-order valence-electron chi connectivity index (χ0n) is 35.4. The van der Waals surface area contributed by atoms with Gasteiger partial charge in [0.05, 0.1) is 11.1 Å². The average Bonchev–Trinajstić information content (AvgIpc) is 3.84. The van der Waals surface area contributed by atoms with E-state index in [1.165, 1.54) is 55.6 Å². The van der Waals surface area contributed by atoms with Crippen LogP contribution in [0.1, 0.15) is 40.5 Å². The molecular weight excluding hydrogens is 763 g/mol. The molecular formula is C61H45NO. The van der Waals surface area contributed by atoms with Crippen molar-refractivity contribution in [1.29, 1.82) is 0 Å². The van der Waals surface area contributed by atoms with Crippen LogP contribution >= 0.6 is 0 Å². The Labute approximate surface area is 369 Å². The number of fused-ring (bicyclic) bond motifs is 4. The third kappa shape index (κ3) is 6.42. The molecule has 0 saturated carbocycles. The summed E-state index contributed by atoms with van der Waals surface area (Å²) in [6.45, 7) is 4.10. The normalized spacial score (nSPS) is 12.7. The van der Waals surface area contributed by atoms with Crippen molar-refractivity contribution < 1.29 is 4.42 Å². The van der Waals surface area contributed by atoms with Crippen LogP contribution in [0.5, 0.6) is 0 Å². The Balaban J connectivity index is 1.17. The van der Waals surface area contributed by atoms with Crippen LogP contribution in [0.2, 0.25) is 0 Å². The second-order valence-electron chi connectivity index (χ2n) is 16.4. The van der Waals surface area contributed by atoms with Crippen molar-refractivity contribution in [2.24, 2.45) is 0 Å². The molecule has 11 rings (SSSR count). The lowest BCUT2D eigenvalue weighted by Crippen LogP contribution is -2.28. The van der Waals surface area contributed by atoms with Crippen LogP contribution in [-0.2, 0) is 5.41 Å². The van der Waals surface area contributed by atoms with Gasteiger partial charge in [-0.15, -0.1) is 0 Å². The highest BCUT2D eigenvalue weighted by Gasteiger charge is 2.47. The molecule has 0 aliphatic heterocycles. The van der Waals surface area contributed by atoms with E-state index in [1.807, 2.05) is 6.92 Å². The van der Waals surface area contributed by atoms with Gasteiger partial charge in [0.1, 0.15) is 11.3 Å². The van der Waals surface area contributed by atoms with E-state index in [0.717, 1.165) is 50.5 Å². The van der Waals surface area contributed by atoms with Crippen molar-refractivity contribution in [3.63, 3.8) is 0 Å². The summed E-state index contributed by atoms with van der Waals surface area (Å²) >= 11 is 0. The number of anilines is 3. The van der Waals surface area contributed by atoms with E-state index in [-0.39, 0.29) is 0 Å². The van der Waals surface area contributed by atoms with Crippen molar-refractivity contribution in [3.05, 3.63) is 264 Å². The van der Waals surface area contributed by atoms with E-state index in [9.17, 15) is 0 Å². The molecule has 300 valence electrons. The minimum absolute atomic E-state index is 0.606. The van der Waals surface area contributed by atoms with Crippen LogP contribution in [0.15, 0.2) is 235 Å². The molecule has 1 heterocycles. The number of allylic oxidation sites excluding steroid dienone is 1. The number of hydrogen-bond donors (Lipinski definition) is 0. The van der Waals surface area contributed by atoms with Gasteiger partial charge in [-0.1, -0.05) is 188 Å². The fourth-order valence-electron chi connectivity index (χ4n) is 9.97. The molecule has 0 N–H and O–H groups in total. The molecule has 0 spiro atoms. The molecule has 1 aliphatic carbocycles. The van der Waals surface area contributed by atoms with E-state index < -0.39 is 5.41 Å². The summed E-state index contributed by atoms with van der Waals surface area (Å²) in [5.41, 5.74) is 19.2. The van der Waals surface area contributed by atoms with Crippen LogP contribution in [0.25, 0.3) is 61.6 Å². The van der Waals surface area contributed by atoms with Gasteiger partial charge in [-0.2, -0.15) is 0 Å². The van der Waals surface area contributed by atoms with Crippen LogP contribution < -0.4 is 4.90 Å². The number of hydrogen-bond acceptors (Lipinski definition) is 2. The summed E-state index contributed by atoms with van der Waals surface area (Å²) in [7, 11) is 0. The van der Waals surface area contributed by atoms with Crippen molar-refractivity contribution in [1.82, 2.24) is 0 Å². The summed E-state index contributed by atoms with van der Waals surface area (Å²) in [5.74, 6) is 0.929. The zero-order chi connectivity index (χ0) is 42.3. The SMILES string of the molecule is CC=Cc1c(C)oc2ccc(-c3ccc4c(c3)C(c3ccccc3)(c3ccccc3)c3cccc(N(c5ccc(-c6ccccc6)cc5)c5ccc(-c6ccccc6)cc5)c3-4)cc12. The molecule has 9 aromatic carbocycles. The Morgan fingerprint density at radius 3 is 1.49 bits per heavy atom. The average molecular weight is 808 g/mol. The van der Waals surface area contributed by atoms with Crippen LogP contribution in [-0.4, -0.2) is 0 Å². The van der Waals surface area contributed by atoms with Gasteiger partial charge < -0.3 is 9.32 Å². The first-order chi connectivity index (χ1) is 31.1. The van der Waals surface area contributed by atoms with Crippen LogP contribution in [0, 0.1) is 6.92 Å². The van der Waals surface area contributed by atoms with Gasteiger partial charge in [0, 0.05) is 27.9 Å². The van der Waals surface area contributed by atoms with Crippen LogP contribution in [0.4, 0.5) is 17.1 Å². The molecule has 10 aromatic rings. The minimum Gasteiger partial charge on any atom is -0.461 e. The second kappa shape index (κ2) is 15.8. The van der Waals surface area contributed by atoms with E-state index in [1.54, 1.807) is 0 Å². The maximum atomic E-state index is 6.22. The molecule has 63 heavy (non-hydrogen) atoms. The smallest absolute Gasteiger partial charge is 0.134 e. The third-order valence-corrected chi connectivity index (χ3v) is 12.8. The quantitative estimate of drug-likeness (QED) is 0.144. The highest BCUT2D eigenvalue weighted by Crippen LogP contribution is 2.60. The highest BCUT2D eigenvalue weighted by molar-refractivity contribution is 5.99. The van der Waals surface area contributed by atoms with E-state index >= 15 is 0 Å². The largest absolute Gasteiger partial charge is 0.461 e. The summed E-state index contributed by atoms with van der Waals surface area (Å²) in [4.78, 5) is 2.45. The first-order valence-corrected chi connectivity index (χ1v) is 21.8. The lowest BCUT2D eigenvalue weighted by molar-refractivity contribution is 0.577. The van der Waals surface area contributed by atoms with Crippen molar-refractivity contribution in [2.45, 2.75) is 19.3 Å². The fraction of sp³-hybridized carbons (Fsp3) is 0.0492. The highest BCUT2D eigenvalue weighted by atomic mass is 16.3. The van der Waals surface area contributed by atoms with Crippen molar-refractivity contribution >= 4 is 34.1 Å². The molecule has 0 bridgehead atoms. The van der Waals surface area contributed by atoms with Gasteiger partial charge in [-0.05, 0) is 124 Å².